The lowest BCUT2D eigenvalue weighted by molar-refractivity contribution is -0.121. The number of aryl methyl sites for hydroxylation is 1. The van der Waals surface area contributed by atoms with Crippen molar-refractivity contribution in [3.05, 3.63) is 54.1 Å². The lowest BCUT2D eigenvalue weighted by Crippen LogP contribution is -2.24. The summed E-state index contributed by atoms with van der Waals surface area (Å²) < 4.78 is 6.50. The van der Waals surface area contributed by atoms with E-state index in [1.807, 2.05) is 25.1 Å². The number of hydrogen-bond acceptors (Lipinski definition) is 4. The molecule has 6 nitrogen and oxygen atoms in total. The number of hydrogen-bond donors (Lipinski definition) is 1. The highest BCUT2D eigenvalue weighted by Crippen LogP contribution is 2.18. The van der Waals surface area contributed by atoms with E-state index in [0.717, 1.165) is 16.5 Å². The maximum absolute atomic E-state index is 12.3. The largest absolute Gasteiger partial charge is 0.467 e. The van der Waals surface area contributed by atoms with Gasteiger partial charge in [-0.15, -0.1) is 0 Å². The first-order valence-corrected chi connectivity index (χ1v) is 7.41. The standard InChI is InChI=1S/C17H17N3O3/c1-12-4-2-6-15-14(12)11-19-20(15)17(22)8-7-16(21)18-10-13-5-3-9-23-13/h2-6,9,11H,7-8,10H2,1H3,(H,18,21). The number of carbonyl (C=O) groups excluding carboxylic acids is 2. The Bertz CT molecular complexity index is 834. The van der Waals surface area contributed by atoms with Gasteiger partial charge in [-0.25, -0.2) is 4.68 Å². The molecule has 0 aliphatic carbocycles. The summed E-state index contributed by atoms with van der Waals surface area (Å²) in [6.45, 7) is 2.30. The molecule has 3 rings (SSSR count). The van der Waals surface area contributed by atoms with Crippen molar-refractivity contribution in [1.29, 1.82) is 0 Å². The normalized spacial score (nSPS) is 10.8. The van der Waals surface area contributed by atoms with Crippen LogP contribution < -0.4 is 5.32 Å². The molecular formula is C17H17N3O3. The Morgan fingerprint density at radius 1 is 1.22 bits per heavy atom. The molecule has 23 heavy (non-hydrogen) atoms. The SMILES string of the molecule is Cc1cccc2c1cnn2C(=O)CCC(=O)NCc1ccco1. The molecule has 0 bridgehead atoms. The van der Waals surface area contributed by atoms with Gasteiger partial charge in [0.05, 0.1) is 24.5 Å². The minimum atomic E-state index is -0.196. The first kappa shape index (κ1) is 15.0. The van der Waals surface area contributed by atoms with E-state index < -0.39 is 0 Å². The van der Waals surface area contributed by atoms with Crippen molar-refractivity contribution >= 4 is 22.7 Å². The Balaban J connectivity index is 1.58. The monoisotopic (exact) mass is 311 g/mol. The third kappa shape index (κ3) is 3.31. The summed E-state index contributed by atoms with van der Waals surface area (Å²) in [5.41, 5.74) is 1.84. The number of furan rings is 1. The summed E-state index contributed by atoms with van der Waals surface area (Å²) >= 11 is 0. The van der Waals surface area contributed by atoms with Crippen molar-refractivity contribution in [1.82, 2.24) is 15.1 Å². The van der Waals surface area contributed by atoms with Gasteiger partial charge in [-0.3, -0.25) is 9.59 Å². The van der Waals surface area contributed by atoms with Gasteiger partial charge in [0.15, 0.2) is 0 Å². The van der Waals surface area contributed by atoms with Crippen LogP contribution in [0, 0.1) is 6.92 Å². The fourth-order valence-corrected chi connectivity index (χ4v) is 2.41. The quantitative estimate of drug-likeness (QED) is 0.786. The van der Waals surface area contributed by atoms with Crippen LogP contribution in [0.15, 0.2) is 47.2 Å². The zero-order valence-corrected chi connectivity index (χ0v) is 12.8. The number of rotatable bonds is 5. The van der Waals surface area contributed by atoms with Crippen molar-refractivity contribution in [2.45, 2.75) is 26.3 Å². The molecule has 2 aromatic heterocycles. The van der Waals surface area contributed by atoms with Crippen LogP contribution in [0.1, 0.15) is 29.0 Å². The van der Waals surface area contributed by atoms with Gasteiger partial charge in [0.1, 0.15) is 5.76 Å². The predicted molar refractivity (Wildman–Crippen MR) is 84.9 cm³/mol. The van der Waals surface area contributed by atoms with Crippen LogP contribution in [0.25, 0.3) is 10.9 Å². The molecule has 6 heteroatoms. The highest BCUT2D eigenvalue weighted by atomic mass is 16.3. The molecule has 3 aromatic rings. The highest BCUT2D eigenvalue weighted by molar-refractivity contribution is 5.93. The molecule has 0 fully saturated rings. The molecule has 0 radical (unpaired) electrons. The summed E-state index contributed by atoms with van der Waals surface area (Å²) in [7, 11) is 0. The van der Waals surface area contributed by atoms with Gasteiger partial charge in [0.2, 0.25) is 11.8 Å². The smallest absolute Gasteiger partial charge is 0.247 e. The summed E-state index contributed by atoms with van der Waals surface area (Å²) in [5.74, 6) is 0.291. The van der Waals surface area contributed by atoms with Gasteiger partial charge < -0.3 is 9.73 Å². The Kier molecular flexibility index (Phi) is 4.23. The maximum atomic E-state index is 12.3. The maximum Gasteiger partial charge on any atom is 0.247 e. The summed E-state index contributed by atoms with van der Waals surface area (Å²) in [5, 5.41) is 7.81. The van der Waals surface area contributed by atoms with E-state index in [2.05, 4.69) is 10.4 Å². The van der Waals surface area contributed by atoms with Crippen LogP contribution in [0.4, 0.5) is 0 Å². The fourth-order valence-electron chi connectivity index (χ4n) is 2.41. The van der Waals surface area contributed by atoms with Gasteiger partial charge in [-0.1, -0.05) is 12.1 Å². The Labute approximate surface area is 133 Å². The van der Waals surface area contributed by atoms with Crippen LogP contribution in [0.5, 0.6) is 0 Å². The molecule has 0 aliphatic rings. The van der Waals surface area contributed by atoms with Crippen molar-refractivity contribution in [3.63, 3.8) is 0 Å². The van der Waals surface area contributed by atoms with Gasteiger partial charge in [0, 0.05) is 18.2 Å². The average molecular weight is 311 g/mol. The van der Waals surface area contributed by atoms with Crippen LogP contribution in [-0.2, 0) is 11.3 Å². The number of nitrogens with zero attached hydrogens (tertiary/aromatic N) is 2. The highest BCUT2D eigenvalue weighted by Gasteiger charge is 2.13. The molecule has 118 valence electrons. The van der Waals surface area contributed by atoms with E-state index in [0.29, 0.717) is 12.3 Å². The Hall–Kier alpha value is -2.89. The summed E-state index contributed by atoms with van der Waals surface area (Å²) in [6.07, 6.45) is 3.46. The van der Waals surface area contributed by atoms with Crippen LogP contribution in [0.2, 0.25) is 0 Å². The zero-order chi connectivity index (χ0) is 16.2. The Morgan fingerprint density at radius 3 is 2.87 bits per heavy atom. The van der Waals surface area contributed by atoms with Gasteiger partial charge in [0.25, 0.3) is 0 Å². The minimum absolute atomic E-state index is 0.106. The molecule has 0 saturated heterocycles. The third-order valence-corrected chi connectivity index (χ3v) is 3.67. The molecule has 1 aromatic carbocycles. The number of aromatic nitrogens is 2. The van der Waals surface area contributed by atoms with Crippen LogP contribution >= 0.6 is 0 Å². The second-order valence-corrected chi connectivity index (χ2v) is 5.31. The molecule has 0 saturated carbocycles. The fraction of sp³-hybridized carbons (Fsp3) is 0.235. The number of amides is 1. The molecule has 0 atom stereocenters. The molecule has 0 unspecified atom stereocenters. The van der Waals surface area contributed by atoms with E-state index in [1.54, 1.807) is 24.6 Å². The first-order chi connectivity index (χ1) is 11.1. The lowest BCUT2D eigenvalue weighted by atomic mass is 10.1. The Morgan fingerprint density at radius 2 is 2.09 bits per heavy atom. The van der Waals surface area contributed by atoms with E-state index in [4.69, 9.17) is 4.42 Å². The lowest BCUT2D eigenvalue weighted by Gasteiger charge is -2.04. The molecule has 1 N–H and O–H groups in total. The predicted octanol–water partition coefficient (Wildman–Crippen LogP) is 2.67. The summed E-state index contributed by atoms with van der Waals surface area (Å²) in [6, 6.07) is 9.25. The van der Waals surface area contributed by atoms with Crippen LogP contribution in [0.3, 0.4) is 0 Å². The molecular weight excluding hydrogens is 294 g/mol. The summed E-state index contributed by atoms with van der Waals surface area (Å²) in [4.78, 5) is 24.1. The minimum Gasteiger partial charge on any atom is -0.467 e. The second-order valence-electron chi connectivity index (χ2n) is 5.31. The van der Waals surface area contributed by atoms with Crippen molar-refractivity contribution in [2.75, 3.05) is 0 Å². The average Bonchev–Trinajstić information content (AvgIpc) is 3.20. The first-order valence-electron chi connectivity index (χ1n) is 7.41. The number of fused-ring (bicyclic) bond motifs is 1. The molecule has 1 amide bonds. The molecule has 0 spiro atoms. The van der Waals surface area contributed by atoms with Gasteiger partial charge >= 0.3 is 0 Å². The van der Waals surface area contributed by atoms with E-state index >= 15 is 0 Å². The van der Waals surface area contributed by atoms with Crippen LogP contribution in [-0.4, -0.2) is 21.6 Å². The van der Waals surface area contributed by atoms with E-state index in [1.165, 1.54) is 4.68 Å². The van der Waals surface area contributed by atoms with Crippen molar-refractivity contribution in [3.8, 4) is 0 Å². The molecule has 0 aliphatic heterocycles. The topological polar surface area (TPSA) is 77.1 Å². The van der Waals surface area contributed by atoms with Gasteiger partial charge in [-0.2, -0.15) is 5.10 Å². The van der Waals surface area contributed by atoms with E-state index in [9.17, 15) is 9.59 Å². The zero-order valence-electron chi connectivity index (χ0n) is 12.8. The number of benzene rings is 1. The van der Waals surface area contributed by atoms with E-state index in [-0.39, 0.29) is 24.7 Å². The number of carbonyl (C=O) groups is 2. The van der Waals surface area contributed by atoms with Crippen molar-refractivity contribution < 1.29 is 14.0 Å². The van der Waals surface area contributed by atoms with Gasteiger partial charge in [-0.05, 0) is 30.7 Å². The molecule has 2 heterocycles. The van der Waals surface area contributed by atoms with Crippen molar-refractivity contribution in [2.24, 2.45) is 0 Å². The second kappa shape index (κ2) is 6.48. The number of nitrogens with one attached hydrogen (secondary N) is 1. The third-order valence-electron chi connectivity index (χ3n) is 3.67.